The highest BCUT2D eigenvalue weighted by molar-refractivity contribution is 7.99. The minimum Gasteiger partial charge on any atom is -0.481 e. The van der Waals surface area contributed by atoms with Crippen molar-refractivity contribution in [2.45, 2.75) is 31.7 Å². The summed E-state index contributed by atoms with van der Waals surface area (Å²) in [6, 6.07) is 0.725. The van der Waals surface area contributed by atoms with Gasteiger partial charge in [0.25, 0.3) is 0 Å². The predicted octanol–water partition coefficient (Wildman–Crippen LogP) is 1.68. The zero-order valence-corrected chi connectivity index (χ0v) is 9.84. The van der Waals surface area contributed by atoms with E-state index in [4.69, 9.17) is 5.11 Å². The third kappa shape index (κ3) is 3.11. The van der Waals surface area contributed by atoms with Crippen LogP contribution < -0.4 is 0 Å². The summed E-state index contributed by atoms with van der Waals surface area (Å²) in [6.07, 6.45) is 4.08. The molecule has 3 nitrogen and oxygen atoms in total. The average molecular weight is 229 g/mol. The van der Waals surface area contributed by atoms with Gasteiger partial charge in [-0.05, 0) is 37.5 Å². The second-order valence-corrected chi connectivity index (χ2v) is 5.77. The highest BCUT2D eigenvalue weighted by atomic mass is 32.2. The maximum absolute atomic E-state index is 10.6. The van der Waals surface area contributed by atoms with Crippen LogP contribution in [0.4, 0.5) is 0 Å². The van der Waals surface area contributed by atoms with E-state index < -0.39 is 5.97 Å². The van der Waals surface area contributed by atoms with Gasteiger partial charge < -0.3 is 5.11 Å². The normalized spacial score (nSPS) is 33.1. The number of thioether (sulfide) groups is 1. The lowest BCUT2D eigenvalue weighted by molar-refractivity contribution is -0.138. The Balaban J connectivity index is 1.78. The van der Waals surface area contributed by atoms with Gasteiger partial charge >= 0.3 is 5.97 Å². The van der Waals surface area contributed by atoms with Crippen LogP contribution in [0, 0.1) is 5.92 Å². The summed E-state index contributed by atoms with van der Waals surface area (Å²) in [5.74, 6) is 2.32. The number of rotatable bonds is 3. The molecular formula is C11H19NO2S. The van der Waals surface area contributed by atoms with Crippen LogP contribution in [0.3, 0.4) is 0 Å². The van der Waals surface area contributed by atoms with Gasteiger partial charge in [0.05, 0.1) is 0 Å². The molecule has 0 radical (unpaired) electrons. The summed E-state index contributed by atoms with van der Waals surface area (Å²) >= 11 is 2.05. The quantitative estimate of drug-likeness (QED) is 0.799. The van der Waals surface area contributed by atoms with Crippen molar-refractivity contribution in [3.63, 3.8) is 0 Å². The van der Waals surface area contributed by atoms with Crippen LogP contribution in [0.2, 0.25) is 0 Å². The van der Waals surface area contributed by atoms with Crippen molar-refractivity contribution in [3.8, 4) is 0 Å². The fourth-order valence-electron chi connectivity index (χ4n) is 2.62. The molecule has 0 aromatic heterocycles. The van der Waals surface area contributed by atoms with Crippen molar-refractivity contribution in [2.24, 2.45) is 5.92 Å². The van der Waals surface area contributed by atoms with Crippen LogP contribution >= 0.6 is 11.8 Å². The number of carboxylic acid groups (broad SMARTS) is 1. The van der Waals surface area contributed by atoms with Crippen LogP contribution in [-0.4, -0.2) is 46.6 Å². The molecule has 2 aliphatic heterocycles. The minimum atomic E-state index is -0.639. The second-order valence-electron chi connectivity index (χ2n) is 4.62. The predicted molar refractivity (Wildman–Crippen MR) is 62.3 cm³/mol. The molecule has 0 saturated carbocycles. The van der Waals surface area contributed by atoms with E-state index in [-0.39, 0.29) is 0 Å². The fraction of sp³-hybridized carbons (Fsp3) is 0.909. The molecule has 2 fully saturated rings. The van der Waals surface area contributed by atoms with Crippen LogP contribution in [0.5, 0.6) is 0 Å². The number of carboxylic acids is 1. The Morgan fingerprint density at radius 3 is 3.00 bits per heavy atom. The first kappa shape index (κ1) is 11.3. The molecule has 2 aliphatic rings. The molecule has 86 valence electrons. The molecule has 2 rings (SSSR count). The van der Waals surface area contributed by atoms with E-state index in [1.165, 1.54) is 24.3 Å². The lowest BCUT2D eigenvalue weighted by atomic mass is 10.1. The molecule has 0 spiro atoms. The van der Waals surface area contributed by atoms with E-state index in [0.717, 1.165) is 25.6 Å². The van der Waals surface area contributed by atoms with Crippen LogP contribution in [0.15, 0.2) is 0 Å². The molecule has 2 saturated heterocycles. The highest BCUT2D eigenvalue weighted by Crippen LogP contribution is 2.27. The van der Waals surface area contributed by atoms with Gasteiger partial charge in [-0.3, -0.25) is 9.69 Å². The maximum Gasteiger partial charge on any atom is 0.303 e. The van der Waals surface area contributed by atoms with Gasteiger partial charge in [0.2, 0.25) is 0 Å². The van der Waals surface area contributed by atoms with E-state index in [1.807, 2.05) is 11.8 Å². The summed E-state index contributed by atoms with van der Waals surface area (Å²) in [5, 5.41) is 8.75. The van der Waals surface area contributed by atoms with E-state index >= 15 is 0 Å². The Labute approximate surface area is 95.2 Å². The van der Waals surface area contributed by atoms with Gasteiger partial charge in [-0.2, -0.15) is 11.8 Å². The van der Waals surface area contributed by atoms with E-state index in [0.29, 0.717) is 12.3 Å². The van der Waals surface area contributed by atoms with Crippen molar-refractivity contribution < 1.29 is 9.90 Å². The standard InChI is InChI=1S/C11H19NO2S/c13-11(14)6-9-3-4-12(7-9)10-2-1-5-15-8-10/h9-10H,1-8H2,(H,13,14). The topological polar surface area (TPSA) is 40.5 Å². The molecule has 0 amide bonds. The van der Waals surface area contributed by atoms with Crippen molar-refractivity contribution in [1.82, 2.24) is 4.90 Å². The molecule has 0 aromatic rings. The van der Waals surface area contributed by atoms with Gasteiger partial charge in [-0.1, -0.05) is 0 Å². The first-order chi connectivity index (χ1) is 7.25. The molecule has 4 heteroatoms. The smallest absolute Gasteiger partial charge is 0.303 e. The largest absolute Gasteiger partial charge is 0.481 e. The Morgan fingerprint density at radius 1 is 1.47 bits per heavy atom. The van der Waals surface area contributed by atoms with E-state index in [2.05, 4.69) is 4.90 Å². The molecule has 1 N–H and O–H groups in total. The average Bonchev–Trinajstić information content (AvgIpc) is 2.67. The molecule has 15 heavy (non-hydrogen) atoms. The molecule has 0 aromatic carbocycles. The zero-order valence-electron chi connectivity index (χ0n) is 9.02. The fourth-order valence-corrected chi connectivity index (χ4v) is 3.81. The number of likely N-dealkylation sites (tertiary alicyclic amines) is 1. The lowest BCUT2D eigenvalue weighted by Crippen LogP contribution is -2.37. The monoisotopic (exact) mass is 229 g/mol. The zero-order chi connectivity index (χ0) is 10.7. The van der Waals surface area contributed by atoms with Crippen molar-refractivity contribution in [1.29, 1.82) is 0 Å². The van der Waals surface area contributed by atoms with Crippen LogP contribution in [0.25, 0.3) is 0 Å². The van der Waals surface area contributed by atoms with Gasteiger partial charge in [-0.15, -0.1) is 0 Å². The summed E-state index contributed by atoms with van der Waals surface area (Å²) in [6.45, 7) is 2.13. The van der Waals surface area contributed by atoms with E-state index in [9.17, 15) is 4.79 Å². The molecule has 0 bridgehead atoms. The summed E-state index contributed by atoms with van der Waals surface area (Å²) in [5.41, 5.74) is 0. The SMILES string of the molecule is O=C(O)CC1CCN(C2CCCSC2)C1. The van der Waals surface area contributed by atoms with Gasteiger partial charge in [-0.25, -0.2) is 0 Å². The molecule has 2 heterocycles. The van der Waals surface area contributed by atoms with Gasteiger partial charge in [0.15, 0.2) is 0 Å². The van der Waals surface area contributed by atoms with Crippen molar-refractivity contribution in [3.05, 3.63) is 0 Å². The minimum absolute atomic E-state index is 0.358. The Morgan fingerprint density at radius 2 is 2.33 bits per heavy atom. The summed E-state index contributed by atoms with van der Waals surface area (Å²) in [7, 11) is 0. The van der Waals surface area contributed by atoms with E-state index in [1.54, 1.807) is 0 Å². The Bertz CT molecular complexity index is 229. The number of carbonyl (C=O) groups is 1. The second kappa shape index (κ2) is 5.21. The first-order valence-corrected chi connectivity index (χ1v) is 6.95. The molecular weight excluding hydrogens is 210 g/mol. The van der Waals surface area contributed by atoms with Crippen molar-refractivity contribution in [2.75, 3.05) is 24.6 Å². The lowest BCUT2D eigenvalue weighted by Gasteiger charge is -2.30. The molecule has 0 aliphatic carbocycles. The third-order valence-corrected chi connectivity index (χ3v) is 4.63. The van der Waals surface area contributed by atoms with Crippen molar-refractivity contribution >= 4 is 17.7 Å². The molecule has 2 atom stereocenters. The van der Waals surface area contributed by atoms with Gasteiger partial charge in [0.1, 0.15) is 0 Å². The van der Waals surface area contributed by atoms with Crippen LogP contribution in [0.1, 0.15) is 25.7 Å². The molecule has 2 unspecified atom stereocenters. The van der Waals surface area contributed by atoms with Gasteiger partial charge in [0, 0.05) is 24.8 Å². The number of hydrogen-bond acceptors (Lipinski definition) is 3. The number of nitrogens with zero attached hydrogens (tertiary/aromatic N) is 1. The maximum atomic E-state index is 10.6. The summed E-state index contributed by atoms with van der Waals surface area (Å²) < 4.78 is 0. The number of hydrogen-bond donors (Lipinski definition) is 1. The Hall–Kier alpha value is -0.220. The Kier molecular flexibility index (Phi) is 3.92. The van der Waals surface area contributed by atoms with Crippen LogP contribution in [-0.2, 0) is 4.79 Å². The summed E-state index contributed by atoms with van der Waals surface area (Å²) in [4.78, 5) is 13.1. The third-order valence-electron chi connectivity index (χ3n) is 3.43. The highest BCUT2D eigenvalue weighted by Gasteiger charge is 2.30. The first-order valence-electron chi connectivity index (χ1n) is 5.79. The number of aliphatic carboxylic acids is 1.